The van der Waals surface area contributed by atoms with Gasteiger partial charge < -0.3 is 11.1 Å². The van der Waals surface area contributed by atoms with E-state index >= 15 is 0 Å². The van der Waals surface area contributed by atoms with E-state index in [1.807, 2.05) is 0 Å². The summed E-state index contributed by atoms with van der Waals surface area (Å²) in [7, 11) is 0. The maximum atomic E-state index is 11.9. The number of carbonyl (C=O) groups excluding carboxylic acids is 1. The molecule has 3 nitrogen and oxygen atoms in total. The third kappa shape index (κ3) is 3.20. The van der Waals surface area contributed by atoms with Crippen LogP contribution in [-0.4, -0.2) is 18.0 Å². The van der Waals surface area contributed by atoms with Crippen LogP contribution in [0.4, 0.5) is 0 Å². The summed E-state index contributed by atoms with van der Waals surface area (Å²) in [6.45, 7) is 7.18. The smallest absolute Gasteiger partial charge is 0.240 e. The highest BCUT2D eigenvalue weighted by atomic mass is 16.2. The van der Waals surface area contributed by atoms with Gasteiger partial charge in [0.05, 0.1) is 5.54 Å². The number of nitrogens with one attached hydrogen (secondary N) is 1. The molecule has 15 heavy (non-hydrogen) atoms. The minimum absolute atomic E-state index is 0.0431. The zero-order valence-electron chi connectivity index (χ0n) is 10.2. The van der Waals surface area contributed by atoms with Crippen molar-refractivity contribution in [3.63, 3.8) is 0 Å². The van der Waals surface area contributed by atoms with E-state index in [0.29, 0.717) is 0 Å². The van der Waals surface area contributed by atoms with Crippen LogP contribution < -0.4 is 11.1 Å². The Balaban J connectivity index is 2.42. The third-order valence-corrected chi connectivity index (χ3v) is 3.63. The minimum Gasteiger partial charge on any atom is -0.354 e. The summed E-state index contributed by atoms with van der Waals surface area (Å²) < 4.78 is 0. The SMILES string of the molecule is CCC(C)(C)CNC(=O)C1(N)CCCC1. The van der Waals surface area contributed by atoms with Gasteiger partial charge in [0.1, 0.15) is 0 Å². The molecular weight excluding hydrogens is 188 g/mol. The van der Waals surface area contributed by atoms with Crippen LogP contribution in [0, 0.1) is 5.41 Å². The topological polar surface area (TPSA) is 55.1 Å². The average Bonchev–Trinajstić information content (AvgIpc) is 2.63. The molecule has 0 heterocycles. The van der Waals surface area contributed by atoms with Gasteiger partial charge in [-0.2, -0.15) is 0 Å². The normalized spacial score (nSPS) is 20.3. The minimum atomic E-state index is -0.580. The first-order valence-electron chi connectivity index (χ1n) is 5.97. The fourth-order valence-electron chi connectivity index (χ4n) is 1.85. The van der Waals surface area contributed by atoms with E-state index in [4.69, 9.17) is 5.73 Å². The lowest BCUT2D eigenvalue weighted by Gasteiger charge is -2.27. The van der Waals surface area contributed by atoms with Crippen molar-refractivity contribution in [2.24, 2.45) is 11.1 Å². The quantitative estimate of drug-likeness (QED) is 0.746. The molecule has 3 heteroatoms. The molecule has 0 atom stereocenters. The van der Waals surface area contributed by atoms with E-state index < -0.39 is 5.54 Å². The van der Waals surface area contributed by atoms with Crippen molar-refractivity contribution in [2.75, 3.05) is 6.54 Å². The predicted octanol–water partition coefficient (Wildman–Crippen LogP) is 1.81. The molecule has 0 aromatic heterocycles. The van der Waals surface area contributed by atoms with Gasteiger partial charge in [-0.15, -0.1) is 0 Å². The maximum Gasteiger partial charge on any atom is 0.240 e. The molecule has 0 bridgehead atoms. The molecular formula is C12H24N2O. The molecule has 1 fully saturated rings. The van der Waals surface area contributed by atoms with Crippen LogP contribution in [0.5, 0.6) is 0 Å². The monoisotopic (exact) mass is 212 g/mol. The molecule has 1 aliphatic carbocycles. The molecule has 3 N–H and O–H groups in total. The molecule has 1 rings (SSSR count). The van der Waals surface area contributed by atoms with E-state index in [9.17, 15) is 4.79 Å². The second-order valence-corrected chi connectivity index (χ2v) is 5.56. The Bertz CT molecular complexity index is 230. The number of nitrogens with two attached hydrogens (primary N) is 1. The first kappa shape index (κ1) is 12.5. The summed E-state index contributed by atoms with van der Waals surface area (Å²) in [6, 6.07) is 0. The van der Waals surface area contributed by atoms with E-state index in [0.717, 1.165) is 38.6 Å². The molecule has 0 unspecified atom stereocenters. The van der Waals surface area contributed by atoms with Gasteiger partial charge in [0.15, 0.2) is 0 Å². The van der Waals surface area contributed by atoms with Crippen LogP contribution >= 0.6 is 0 Å². The van der Waals surface area contributed by atoms with Crippen LogP contribution in [0.2, 0.25) is 0 Å². The van der Waals surface area contributed by atoms with Crippen molar-refractivity contribution < 1.29 is 4.79 Å². The van der Waals surface area contributed by atoms with E-state index in [-0.39, 0.29) is 11.3 Å². The third-order valence-electron chi connectivity index (χ3n) is 3.63. The van der Waals surface area contributed by atoms with Gasteiger partial charge in [-0.05, 0) is 24.7 Å². The largest absolute Gasteiger partial charge is 0.354 e. The molecule has 0 aromatic rings. The Morgan fingerprint density at radius 2 is 1.93 bits per heavy atom. The number of carbonyl (C=O) groups is 1. The van der Waals surface area contributed by atoms with Crippen molar-refractivity contribution in [1.29, 1.82) is 0 Å². The molecule has 88 valence electrons. The van der Waals surface area contributed by atoms with Crippen molar-refractivity contribution in [3.05, 3.63) is 0 Å². The van der Waals surface area contributed by atoms with E-state index in [2.05, 4.69) is 26.1 Å². The fraction of sp³-hybridized carbons (Fsp3) is 0.917. The number of hydrogen-bond acceptors (Lipinski definition) is 2. The summed E-state index contributed by atoms with van der Waals surface area (Å²) in [5.41, 5.74) is 5.65. The summed E-state index contributed by atoms with van der Waals surface area (Å²) in [4.78, 5) is 11.9. The van der Waals surface area contributed by atoms with Crippen LogP contribution in [0.3, 0.4) is 0 Å². The Morgan fingerprint density at radius 1 is 1.40 bits per heavy atom. The molecule has 0 aromatic carbocycles. The Morgan fingerprint density at radius 3 is 2.40 bits per heavy atom. The van der Waals surface area contributed by atoms with Gasteiger partial charge in [0, 0.05) is 6.54 Å². The van der Waals surface area contributed by atoms with Gasteiger partial charge in [-0.3, -0.25) is 4.79 Å². The Labute approximate surface area is 92.8 Å². The predicted molar refractivity (Wildman–Crippen MR) is 62.5 cm³/mol. The standard InChI is InChI=1S/C12H24N2O/c1-4-11(2,3)9-14-10(15)12(13)7-5-6-8-12/h4-9,13H2,1-3H3,(H,14,15). The lowest BCUT2D eigenvalue weighted by Crippen LogP contribution is -2.53. The second kappa shape index (κ2) is 4.52. The van der Waals surface area contributed by atoms with Crippen LogP contribution in [0.15, 0.2) is 0 Å². The fourth-order valence-corrected chi connectivity index (χ4v) is 1.85. The van der Waals surface area contributed by atoms with Gasteiger partial charge >= 0.3 is 0 Å². The highest BCUT2D eigenvalue weighted by Gasteiger charge is 2.37. The van der Waals surface area contributed by atoms with Crippen LogP contribution in [-0.2, 0) is 4.79 Å². The molecule has 0 saturated heterocycles. The average molecular weight is 212 g/mol. The van der Waals surface area contributed by atoms with Gasteiger partial charge in [0.2, 0.25) is 5.91 Å². The first-order chi connectivity index (χ1) is 6.90. The lowest BCUT2D eigenvalue weighted by atomic mass is 9.89. The molecule has 0 aliphatic heterocycles. The first-order valence-corrected chi connectivity index (χ1v) is 5.97. The Hall–Kier alpha value is -0.570. The summed E-state index contributed by atoms with van der Waals surface area (Å²) >= 11 is 0. The maximum absolute atomic E-state index is 11.9. The zero-order chi connectivity index (χ0) is 11.5. The highest BCUT2D eigenvalue weighted by molar-refractivity contribution is 5.86. The van der Waals surface area contributed by atoms with Crippen molar-refractivity contribution in [2.45, 2.75) is 58.4 Å². The summed E-state index contributed by atoms with van der Waals surface area (Å²) in [5, 5.41) is 2.99. The number of hydrogen-bond donors (Lipinski definition) is 2. The molecule has 1 amide bonds. The van der Waals surface area contributed by atoms with Gasteiger partial charge in [-0.1, -0.05) is 33.6 Å². The second-order valence-electron chi connectivity index (χ2n) is 5.56. The van der Waals surface area contributed by atoms with Gasteiger partial charge in [0.25, 0.3) is 0 Å². The molecule has 1 saturated carbocycles. The number of amides is 1. The summed E-state index contributed by atoms with van der Waals surface area (Å²) in [6.07, 6.45) is 4.91. The number of rotatable bonds is 4. The van der Waals surface area contributed by atoms with E-state index in [1.54, 1.807) is 0 Å². The molecule has 1 aliphatic rings. The Kier molecular flexibility index (Phi) is 3.77. The lowest BCUT2D eigenvalue weighted by molar-refractivity contribution is -0.126. The van der Waals surface area contributed by atoms with Crippen LogP contribution in [0.1, 0.15) is 52.9 Å². The highest BCUT2D eigenvalue weighted by Crippen LogP contribution is 2.27. The van der Waals surface area contributed by atoms with Crippen molar-refractivity contribution in [3.8, 4) is 0 Å². The summed E-state index contributed by atoms with van der Waals surface area (Å²) in [5.74, 6) is 0.0431. The molecule has 0 radical (unpaired) electrons. The zero-order valence-corrected chi connectivity index (χ0v) is 10.2. The van der Waals surface area contributed by atoms with E-state index in [1.165, 1.54) is 0 Å². The molecule has 0 spiro atoms. The van der Waals surface area contributed by atoms with Crippen molar-refractivity contribution >= 4 is 5.91 Å². The van der Waals surface area contributed by atoms with Crippen molar-refractivity contribution in [1.82, 2.24) is 5.32 Å². The van der Waals surface area contributed by atoms with Gasteiger partial charge in [-0.25, -0.2) is 0 Å². The van der Waals surface area contributed by atoms with Crippen LogP contribution in [0.25, 0.3) is 0 Å².